The standard InChI is InChI=1S/C17H26N2O2/c1-13(2)10-15-11-18-8-9-19(15)17(20)12-21-16-6-4-14(3)5-7-16/h4-7,13,15,18H,8-12H2,1-3H3. The maximum absolute atomic E-state index is 12.4. The molecule has 1 N–H and O–H groups in total. The Balaban J connectivity index is 1.89. The Labute approximate surface area is 127 Å². The number of nitrogens with zero attached hydrogens (tertiary/aromatic N) is 1. The highest BCUT2D eigenvalue weighted by Gasteiger charge is 2.27. The van der Waals surface area contributed by atoms with Gasteiger partial charge in [0, 0.05) is 25.7 Å². The van der Waals surface area contributed by atoms with Crippen molar-refractivity contribution in [2.45, 2.75) is 33.2 Å². The van der Waals surface area contributed by atoms with Gasteiger partial charge in [-0.3, -0.25) is 4.79 Å². The number of ether oxygens (including phenoxy) is 1. The maximum atomic E-state index is 12.4. The van der Waals surface area contributed by atoms with E-state index in [1.54, 1.807) is 0 Å². The molecule has 1 aliphatic heterocycles. The van der Waals surface area contributed by atoms with Crippen molar-refractivity contribution in [2.24, 2.45) is 5.92 Å². The molecule has 1 heterocycles. The first-order chi connectivity index (χ1) is 10.1. The Bertz CT molecular complexity index is 456. The molecule has 0 saturated carbocycles. The van der Waals surface area contributed by atoms with Gasteiger partial charge >= 0.3 is 0 Å². The molecule has 1 saturated heterocycles. The highest BCUT2D eigenvalue weighted by Crippen LogP contribution is 2.15. The first-order valence-electron chi connectivity index (χ1n) is 7.76. The molecular weight excluding hydrogens is 264 g/mol. The minimum atomic E-state index is 0.0859. The summed E-state index contributed by atoms with van der Waals surface area (Å²) >= 11 is 0. The van der Waals surface area contributed by atoms with Crippen LogP contribution in [0.25, 0.3) is 0 Å². The number of benzene rings is 1. The van der Waals surface area contributed by atoms with Crippen LogP contribution in [0.3, 0.4) is 0 Å². The van der Waals surface area contributed by atoms with Crippen LogP contribution in [0.1, 0.15) is 25.8 Å². The van der Waals surface area contributed by atoms with Crippen LogP contribution in [-0.4, -0.2) is 43.1 Å². The van der Waals surface area contributed by atoms with Crippen molar-refractivity contribution in [2.75, 3.05) is 26.2 Å². The third-order valence-electron chi connectivity index (χ3n) is 3.80. The van der Waals surface area contributed by atoms with Crippen LogP contribution in [0.4, 0.5) is 0 Å². The number of amides is 1. The Morgan fingerprint density at radius 1 is 1.38 bits per heavy atom. The van der Waals surface area contributed by atoms with Crippen molar-refractivity contribution in [3.05, 3.63) is 29.8 Å². The Morgan fingerprint density at radius 3 is 2.76 bits per heavy atom. The predicted octanol–water partition coefficient (Wildman–Crippen LogP) is 2.22. The van der Waals surface area contributed by atoms with Crippen LogP contribution in [0, 0.1) is 12.8 Å². The number of hydrogen-bond acceptors (Lipinski definition) is 3. The van der Waals surface area contributed by atoms with E-state index in [2.05, 4.69) is 19.2 Å². The molecule has 116 valence electrons. The van der Waals surface area contributed by atoms with Gasteiger partial charge in [0.05, 0.1) is 0 Å². The van der Waals surface area contributed by atoms with Gasteiger partial charge in [0.2, 0.25) is 0 Å². The van der Waals surface area contributed by atoms with E-state index in [0.717, 1.165) is 31.8 Å². The molecule has 4 heteroatoms. The second kappa shape index (κ2) is 7.46. The van der Waals surface area contributed by atoms with E-state index in [1.807, 2.05) is 36.1 Å². The molecule has 1 atom stereocenters. The van der Waals surface area contributed by atoms with Gasteiger partial charge in [0.25, 0.3) is 5.91 Å². The number of piperazine rings is 1. The highest BCUT2D eigenvalue weighted by atomic mass is 16.5. The van der Waals surface area contributed by atoms with Crippen LogP contribution < -0.4 is 10.1 Å². The Kier molecular flexibility index (Phi) is 5.62. The topological polar surface area (TPSA) is 41.6 Å². The zero-order valence-corrected chi connectivity index (χ0v) is 13.3. The van der Waals surface area contributed by atoms with Gasteiger partial charge in [-0.25, -0.2) is 0 Å². The van der Waals surface area contributed by atoms with E-state index < -0.39 is 0 Å². The largest absolute Gasteiger partial charge is 0.484 e. The molecule has 1 aliphatic rings. The van der Waals surface area contributed by atoms with Gasteiger partial charge in [0.1, 0.15) is 5.75 Å². The highest BCUT2D eigenvalue weighted by molar-refractivity contribution is 5.78. The molecule has 0 radical (unpaired) electrons. The average Bonchev–Trinajstić information content (AvgIpc) is 2.46. The third kappa shape index (κ3) is 4.74. The smallest absolute Gasteiger partial charge is 0.260 e. The third-order valence-corrected chi connectivity index (χ3v) is 3.80. The van der Waals surface area contributed by atoms with E-state index >= 15 is 0 Å². The fourth-order valence-corrected chi connectivity index (χ4v) is 2.71. The lowest BCUT2D eigenvalue weighted by Crippen LogP contribution is -2.55. The first kappa shape index (κ1) is 15.8. The van der Waals surface area contributed by atoms with Crippen molar-refractivity contribution in [3.8, 4) is 5.75 Å². The van der Waals surface area contributed by atoms with Crippen molar-refractivity contribution < 1.29 is 9.53 Å². The summed E-state index contributed by atoms with van der Waals surface area (Å²) in [5, 5.41) is 3.37. The first-order valence-corrected chi connectivity index (χ1v) is 7.76. The van der Waals surface area contributed by atoms with Crippen LogP contribution in [0.15, 0.2) is 24.3 Å². The maximum Gasteiger partial charge on any atom is 0.260 e. The molecule has 4 nitrogen and oxygen atoms in total. The predicted molar refractivity (Wildman–Crippen MR) is 84.5 cm³/mol. The van der Waals surface area contributed by atoms with E-state index in [0.29, 0.717) is 5.92 Å². The number of nitrogens with one attached hydrogen (secondary N) is 1. The molecule has 1 aromatic rings. The summed E-state index contributed by atoms with van der Waals surface area (Å²) in [6, 6.07) is 8.09. The monoisotopic (exact) mass is 290 g/mol. The van der Waals surface area contributed by atoms with Gasteiger partial charge in [0.15, 0.2) is 6.61 Å². The molecule has 0 aliphatic carbocycles. The van der Waals surface area contributed by atoms with Crippen LogP contribution in [-0.2, 0) is 4.79 Å². The summed E-state index contributed by atoms with van der Waals surface area (Å²) in [6.45, 7) is 9.07. The Hall–Kier alpha value is -1.55. The van der Waals surface area contributed by atoms with Crippen molar-refractivity contribution >= 4 is 5.91 Å². The Morgan fingerprint density at radius 2 is 2.10 bits per heavy atom. The van der Waals surface area contributed by atoms with Crippen molar-refractivity contribution in [3.63, 3.8) is 0 Å². The minimum Gasteiger partial charge on any atom is -0.484 e. The summed E-state index contributed by atoms with van der Waals surface area (Å²) in [5.74, 6) is 1.43. The molecule has 21 heavy (non-hydrogen) atoms. The SMILES string of the molecule is Cc1ccc(OCC(=O)N2CCNCC2CC(C)C)cc1. The normalized spacial score (nSPS) is 18.9. The summed E-state index contributed by atoms with van der Waals surface area (Å²) in [7, 11) is 0. The zero-order valence-electron chi connectivity index (χ0n) is 13.3. The fraction of sp³-hybridized carbons (Fsp3) is 0.588. The molecule has 1 fully saturated rings. The molecule has 0 spiro atoms. The number of carbonyl (C=O) groups is 1. The summed E-state index contributed by atoms with van der Waals surface area (Å²) < 4.78 is 5.62. The lowest BCUT2D eigenvalue weighted by molar-refractivity contribution is -0.136. The molecule has 1 aromatic carbocycles. The second-order valence-corrected chi connectivity index (χ2v) is 6.18. The van der Waals surface area contributed by atoms with E-state index in [4.69, 9.17) is 4.74 Å². The van der Waals surface area contributed by atoms with Gasteiger partial charge in [-0.05, 0) is 31.4 Å². The molecule has 1 amide bonds. The number of carbonyl (C=O) groups excluding carboxylic acids is 1. The summed E-state index contributed by atoms with van der Waals surface area (Å²) in [6.07, 6.45) is 1.03. The van der Waals surface area contributed by atoms with Crippen LogP contribution >= 0.6 is 0 Å². The van der Waals surface area contributed by atoms with E-state index in [9.17, 15) is 4.79 Å². The molecule has 0 aromatic heterocycles. The molecular formula is C17H26N2O2. The summed E-state index contributed by atoms with van der Waals surface area (Å²) in [5.41, 5.74) is 1.19. The van der Waals surface area contributed by atoms with Gasteiger partial charge in [-0.15, -0.1) is 0 Å². The van der Waals surface area contributed by atoms with E-state index in [1.165, 1.54) is 5.56 Å². The number of hydrogen-bond donors (Lipinski definition) is 1. The quantitative estimate of drug-likeness (QED) is 0.904. The van der Waals surface area contributed by atoms with Crippen LogP contribution in [0.2, 0.25) is 0 Å². The van der Waals surface area contributed by atoms with Crippen LogP contribution in [0.5, 0.6) is 5.75 Å². The average molecular weight is 290 g/mol. The van der Waals surface area contributed by atoms with Gasteiger partial charge in [-0.2, -0.15) is 0 Å². The molecule has 0 bridgehead atoms. The number of aryl methyl sites for hydroxylation is 1. The van der Waals surface area contributed by atoms with Crippen molar-refractivity contribution in [1.82, 2.24) is 10.2 Å². The molecule has 1 unspecified atom stereocenters. The second-order valence-electron chi connectivity index (χ2n) is 6.18. The van der Waals surface area contributed by atoms with Gasteiger partial charge in [-0.1, -0.05) is 31.5 Å². The van der Waals surface area contributed by atoms with Gasteiger partial charge < -0.3 is 15.0 Å². The minimum absolute atomic E-state index is 0.0859. The fourth-order valence-electron chi connectivity index (χ4n) is 2.71. The summed E-state index contributed by atoms with van der Waals surface area (Å²) in [4.78, 5) is 14.4. The zero-order chi connectivity index (χ0) is 15.2. The van der Waals surface area contributed by atoms with E-state index in [-0.39, 0.29) is 18.6 Å². The van der Waals surface area contributed by atoms with Crippen molar-refractivity contribution in [1.29, 1.82) is 0 Å². The lowest BCUT2D eigenvalue weighted by atomic mass is 10.0. The molecule has 2 rings (SSSR count). The lowest BCUT2D eigenvalue weighted by Gasteiger charge is -2.37. The number of rotatable bonds is 5.